The second-order valence-electron chi connectivity index (χ2n) is 7.87. The van der Waals surface area contributed by atoms with Crippen molar-refractivity contribution in [2.75, 3.05) is 26.3 Å². The van der Waals surface area contributed by atoms with E-state index in [1.807, 2.05) is 36.9 Å². The van der Waals surface area contributed by atoms with Gasteiger partial charge in [0, 0.05) is 19.5 Å². The van der Waals surface area contributed by atoms with Crippen LogP contribution in [0.15, 0.2) is 18.2 Å². The van der Waals surface area contributed by atoms with Gasteiger partial charge < -0.3 is 19.5 Å². The molecule has 1 amide bonds. The number of carbonyl (C=O) groups excluding carboxylic acids is 1. The monoisotopic (exact) mass is 347 g/mol. The van der Waals surface area contributed by atoms with E-state index < -0.39 is 5.60 Å². The predicted molar refractivity (Wildman–Crippen MR) is 95.8 cm³/mol. The number of aliphatic hydroxyl groups is 1. The molecule has 138 valence electrons. The fourth-order valence-corrected chi connectivity index (χ4v) is 3.85. The maximum Gasteiger partial charge on any atom is 0.260 e. The fourth-order valence-electron chi connectivity index (χ4n) is 3.85. The molecule has 2 aliphatic heterocycles. The molecule has 1 aromatic carbocycles. The number of piperidine rings is 1. The second kappa shape index (κ2) is 6.96. The van der Waals surface area contributed by atoms with Crippen LogP contribution in [0.5, 0.6) is 5.75 Å². The highest BCUT2D eigenvalue weighted by atomic mass is 16.5. The number of nitrogens with zero attached hydrogens (tertiary/aromatic N) is 1. The normalized spacial score (nSPS) is 25.8. The quantitative estimate of drug-likeness (QED) is 0.913. The molecule has 1 aromatic rings. The number of ether oxygens (including phenoxy) is 2. The van der Waals surface area contributed by atoms with Gasteiger partial charge in [-0.1, -0.05) is 6.07 Å². The van der Waals surface area contributed by atoms with Gasteiger partial charge in [0.1, 0.15) is 5.75 Å². The van der Waals surface area contributed by atoms with Gasteiger partial charge in [-0.2, -0.15) is 0 Å². The van der Waals surface area contributed by atoms with Crippen LogP contribution >= 0.6 is 0 Å². The van der Waals surface area contributed by atoms with Crippen LogP contribution in [-0.4, -0.2) is 53.4 Å². The minimum absolute atomic E-state index is 0.00986. The van der Waals surface area contributed by atoms with Gasteiger partial charge in [-0.25, -0.2) is 0 Å². The standard InChI is InChI=1S/C20H29NO4/c1-15-4-5-17(12-16(15)2)24-13-18(22)21-9-6-20(7-10-21)14-19(3,23)8-11-25-20/h4-5,12,23H,6-11,13-14H2,1-3H3. The molecule has 1 spiro atoms. The van der Waals surface area contributed by atoms with Crippen LogP contribution in [0.1, 0.15) is 43.7 Å². The molecule has 25 heavy (non-hydrogen) atoms. The summed E-state index contributed by atoms with van der Waals surface area (Å²) < 4.78 is 11.7. The molecule has 0 saturated carbocycles. The Hall–Kier alpha value is -1.59. The molecular weight excluding hydrogens is 318 g/mol. The Bertz CT molecular complexity index is 633. The second-order valence-corrected chi connectivity index (χ2v) is 7.87. The highest BCUT2D eigenvalue weighted by Gasteiger charge is 2.44. The topological polar surface area (TPSA) is 59.0 Å². The Morgan fingerprint density at radius 1 is 1.24 bits per heavy atom. The Balaban J connectivity index is 1.50. The lowest BCUT2D eigenvalue weighted by Crippen LogP contribution is -2.54. The molecule has 2 heterocycles. The van der Waals surface area contributed by atoms with Crippen molar-refractivity contribution in [3.05, 3.63) is 29.3 Å². The van der Waals surface area contributed by atoms with Crippen molar-refractivity contribution in [1.29, 1.82) is 0 Å². The Morgan fingerprint density at radius 3 is 2.60 bits per heavy atom. The van der Waals surface area contributed by atoms with Crippen molar-refractivity contribution < 1.29 is 19.4 Å². The number of amides is 1. The van der Waals surface area contributed by atoms with Crippen LogP contribution in [0.4, 0.5) is 0 Å². The van der Waals surface area contributed by atoms with Crippen LogP contribution in [0.25, 0.3) is 0 Å². The molecule has 1 N–H and O–H groups in total. The van der Waals surface area contributed by atoms with Crippen LogP contribution in [0.2, 0.25) is 0 Å². The lowest BCUT2D eigenvalue weighted by atomic mass is 9.78. The van der Waals surface area contributed by atoms with Crippen molar-refractivity contribution in [1.82, 2.24) is 4.90 Å². The van der Waals surface area contributed by atoms with Crippen molar-refractivity contribution in [2.24, 2.45) is 0 Å². The van der Waals surface area contributed by atoms with Gasteiger partial charge in [0.15, 0.2) is 6.61 Å². The van der Waals surface area contributed by atoms with Gasteiger partial charge in [-0.15, -0.1) is 0 Å². The summed E-state index contributed by atoms with van der Waals surface area (Å²) in [7, 11) is 0. The molecule has 1 atom stereocenters. The third-order valence-electron chi connectivity index (χ3n) is 5.62. The number of likely N-dealkylation sites (tertiary alicyclic amines) is 1. The average Bonchev–Trinajstić information content (AvgIpc) is 2.55. The van der Waals surface area contributed by atoms with Gasteiger partial charge in [0.05, 0.1) is 17.8 Å². The van der Waals surface area contributed by atoms with E-state index in [0.29, 0.717) is 32.5 Å². The summed E-state index contributed by atoms with van der Waals surface area (Å²) in [5.41, 5.74) is 1.44. The van der Waals surface area contributed by atoms with Gasteiger partial charge in [-0.3, -0.25) is 4.79 Å². The smallest absolute Gasteiger partial charge is 0.260 e. The van der Waals surface area contributed by atoms with Gasteiger partial charge in [0.2, 0.25) is 0 Å². The third-order valence-corrected chi connectivity index (χ3v) is 5.62. The highest BCUT2D eigenvalue weighted by Crippen LogP contribution is 2.39. The zero-order valence-electron chi connectivity index (χ0n) is 15.5. The average molecular weight is 347 g/mol. The summed E-state index contributed by atoms with van der Waals surface area (Å²) in [5.74, 6) is 0.743. The maximum atomic E-state index is 12.4. The molecular formula is C20H29NO4. The summed E-state index contributed by atoms with van der Waals surface area (Å²) in [4.78, 5) is 14.3. The zero-order valence-corrected chi connectivity index (χ0v) is 15.5. The number of hydrogen-bond acceptors (Lipinski definition) is 4. The Labute approximate surface area is 149 Å². The zero-order chi connectivity index (χ0) is 18.1. The van der Waals surface area contributed by atoms with Crippen LogP contribution < -0.4 is 4.74 Å². The van der Waals surface area contributed by atoms with Crippen LogP contribution in [0, 0.1) is 13.8 Å². The summed E-state index contributed by atoms with van der Waals surface area (Å²) in [6, 6.07) is 5.87. The van der Waals surface area contributed by atoms with Crippen molar-refractivity contribution in [3.8, 4) is 5.75 Å². The molecule has 2 saturated heterocycles. The van der Waals surface area contributed by atoms with Gasteiger partial charge in [0.25, 0.3) is 5.91 Å². The van der Waals surface area contributed by atoms with E-state index in [1.165, 1.54) is 5.56 Å². The Morgan fingerprint density at radius 2 is 1.96 bits per heavy atom. The fraction of sp³-hybridized carbons (Fsp3) is 0.650. The minimum atomic E-state index is -0.656. The molecule has 2 aliphatic rings. The SMILES string of the molecule is Cc1ccc(OCC(=O)N2CCC3(CC2)CC(C)(O)CCO3)cc1C. The maximum absolute atomic E-state index is 12.4. The summed E-state index contributed by atoms with van der Waals surface area (Å²) in [5, 5.41) is 10.3. The predicted octanol–water partition coefficient (Wildman–Crippen LogP) is 2.60. The molecule has 5 nitrogen and oxygen atoms in total. The first-order valence-electron chi connectivity index (χ1n) is 9.13. The first-order chi connectivity index (χ1) is 11.8. The van der Waals surface area contributed by atoms with E-state index in [9.17, 15) is 9.90 Å². The van der Waals surface area contributed by atoms with E-state index in [0.717, 1.165) is 24.2 Å². The largest absolute Gasteiger partial charge is 0.484 e. The van der Waals surface area contributed by atoms with E-state index >= 15 is 0 Å². The van der Waals surface area contributed by atoms with Gasteiger partial charge in [-0.05, 0) is 63.3 Å². The van der Waals surface area contributed by atoms with Crippen molar-refractivity contribution >= 4 is 5.91 Å². The molecule has 0 radical (unpaired) electrons. The molecule has 0 bridgehead atoms. The number of carbonyl (C=O) groups is 1. The van der Waals surface area contributed by atoms with E-state index in [-0.39, 0.29) is 18.1 Å². The van der Waals surface area contributed by atoms with E-state index in [2.05, 4.69) is 6.92 Å². The van der Waals surface area contributed by atoms with Gasteiger partial charge >= 0.3 is 0 Å². The highest BCUT2D eigenvalue weighted by molar-refractivity contribution is 5.77. The first-order valence-corrected chi connectivity index (χ1v) is 9.13. The Kier molecular flexibility index (Phi) is 5.07. The molecule has 3 rings (SSSR count). The number of aryl methyl sites for hydroxylation is 2. The van der Waals surface area contributed by atoms with Crippen molar-refractivity contribution in [2.45, 2.75) is 57.7 Å². The number of benzene rings is 1. The summed E-state index contributed by atoms with van der Waals surface area (Å²) in [6.45, 7) is 7.94. The summed E-state index contributed by atoms with van der Waals surface area (Å²) >= 11 is 0. The van der Waals surface area contributed by atoms with Crippen molar-refractivity contribution in [3.63, 3.8) is 0 Å². The van der Waals surface area contributed by atoms with E-state index in [1.54, 1.807) is 0 Å². The number of hydrogen-bond donors (Lipinski definition) is 1. The third kappa shape index (κ3) is 4.33. The van der Waals surface area contributed by atoms with Crippen LogP contribution in [0.3, 0.4) is 0 Å². The molecule has 0 aromatic heterocycles. The van der Waals surface area contributed by atoms with Crippen LogP contribution in [-0.2, 0) is 9.53 Å². The molecule has 5 heteroatoms. The lowest BCUT2D eigenvalue weighted by Gasteiger charge is -2.48. The number of rotatable bonds is 3. The molecule has 0 aliphatic carbocycles. The summed E-state index contributed by atoms with van der Waals surface area (Å²) in [6.07, 6.45) is 2.89. The molecule has 2 fully saturated rings. The minimum Gasteiger partial charge on any atom is -0.484 e. The van der Waals surface area contributed by atoms with E-state index in [4.69, 9.17) is 9.47 Å². The lowest BCUT2D eigenvalue weighted by molar-refractivity contribution is -0.175. The molecule has 1 unspecified atom stereocenters. The first kappa shape index (κ1) is 18.2.